The van der Waals surface area contributed by atoms with Crippen LogP contribution in [0.4, 0.5) is 0 Å². The Labute approximate surface area is 108 Å². The fraction of sp³-hybridized carbons (Fsp3) is 0.571. The van der Waals surface area contributed by atoms with Gasteiger partial charge in [0.25, 0.3) is 0 Å². The molecule has 1 aliphatic heterocycles. The lowest BCUT2D eigenvalue weighted by molar-refractivity contribution is -0.171. The first-order valence-corrected chi connectivity index (χ1v) is 6.71. The van der Waals surface area contributed by atoms with Gasteiger partial charge in [0, 0.05) is 17.9 Å². The third-order valence-corrected chi connectivity index (χ3v) is 3.40. The highest BCUT2D eigenvalue weighted by Crippen LogP contribution is 2.36. The van der Waals surface area contributed by atoms with Crippen LogP contribution < -0.4 is 0 Å². The van der Waals surface area contributed by atoms with Gasteiger partial charge >= 0.3 is 0 Å². The molecular weight excluding hydrogens is 236 g/mol. The molecule has 1 aromatic carbocycles. The quantitative estimate of drug-likeness (QED) is 0.590. The van der Waals surface area contributed by atoms with Crippen molar-refractivity contribution >= 4 is 11.6 Å². The normalized spacial score (nSPS) is 18.5. The third-order valence-electron chi connectivity index (χ3n) is 3.13. The van der Waals surface area contributed by atoms with Crippen molar-refractivity contribution < 1.29 is 9.47 Å². The van der Waals surface area contributed by atoms with Gasteiger partial charge in [0.05, 0.1) is 13.2 Å². The van der Waals surface area contributed by atoms with Crippen LogP contribution in [0.5, 0.6) is 0 Å². The number of halogens is 1. The molecule has 1 fully saturated rings. The van der Waals surface area contributed by atoms with Crippen LogP contribution >= 0.6 is 11.6 Å². The molecule has 0 aromatic heterocycles. The molecule has 2 nitrogen and oxygen atoms in total. The van der Waals surface area contributed by atoms with Gasteiger partial charge in [-0.05, 0) is 19.8 Å². The van der Waals surface area contributed by atoms with Crippen LogP contribution in [0, 0.1) is 6.92 Å². The minimum absolute atomic E-state index is 0.528. The molecule has 0 aliphatic carbocycles. The molecule has 1 saturated heterocycles. The average Bonchev–Trinajstić information content (AvgIpc) is 2.80. The van der Waals surface area contributed by atoms with Crippen molar-refractivity contribution in [3.05, 3.63) is 35.4 Å². The molecule has 94 valence electrons. The zero-order chi connectivity index (χ0) is 12.1. The van der Waals surface area contributed by atoms with Crippen molar-refractivity contribution in [3.63, 3.8) is 0 Å². The summed E-state index contributed by atoms with van der Waals surface area (Å²) >= 11 is 5.72. The molecular formula is C14H19ClO2. The van der Waals surface area contributed by atoms with Crippen molar-refractivity contribution in [2.24, 2.45) is 0 Å². The fourth-order valence-electron chi connectivity index (χ4n) is 2.17. The Bertz CT molecular complexity index is 342. The van der Waals surface area contributed by atoms with E-state index in [1.54, 1.807) is 0 Å². The second-order valence-electron chi connectivity index (χ2n) is 4.46. The van der Waals surface area contributed by atoms with E-state index in [4.69, 9.17) is 21.1 Å². The molecule has 0 atom stereocenters. The number of aryl methyl sites for hydroxylation is 1. The predicted molar refractivity (Wildman–Crippen MR) is 69.3 cm³/mol. The van der Waals surface area contributed by atoms with Gasteiger partial charge < -0.3 is 9.47 Å². The van der Waals surface area contributed by atoms with E-state index in [1.807, 2.05) is 0 Å². The van der Waals surface area contributed by atoms with Crippen LogP contribution in [0.1, 0.15) is 30.4 Å². The minimum Gasteiger partial charge on any atom is -0.343 e. The maximum atomic E-state index is 5.85. The maximum Gasteiger partial charge on any atom is 0.194 e. The Balaban J connectivity index is 2.12. The predicted octanol–water partition coefficient (Wildman–Crippen LogP) is 3.60. The molecule has 17 heavy (non-hydrogen) atoms. The Morgan fingerprint density at radius 3 is 2.35 bits per heavy atom. The van der Waals surface area contributed by atoms with E-state index < -0.39 is 5.79 Å². The molecule has 3 heteroatoms. The van der Waals surface area contributed by atoms with E-state index in [9.17, 15) is 0 Å². The van der Waals surface area contributed by atoms with E-state index in [1.165, 1.54) is 5.56 Å². The van der Waals surface area contributed by atoms with Crippen molar-refractivity contribution in [2.45, 2.75) is 32.0 Å². The summed E-state index contributed by atoms with van der Waals surface area (Å²) in [7, 11) is 0. The number of alkyl halides is 1. The number of ether oxygens (including phenoxy) is 2. The SMILES string of the molecule is Cc1ccc(C2(CCCCCl)OCCO2)cc1. The summed E-state index contributed by atoms with van der Waals surface area (Å²) in [6.45, 7) is 3.43. The molecule has 0 unspecified atom stereocenters. The lowest BCUT2D eigenvalue weighted by Crippen LogP contribution is -2.27. The lowest BCUT2D eigenvalue weighted by atomic mass is 9.99. The Morgan fingerprint density at radius 2 is 1.76 bits per heavy atom. The molecule has 1 heterocycles. The standard InChI is InChI=1S/C14H19ClO2/c1-12-4-6-13(7-5-12)14(8-2-3-9-15)16-10-11-17-14/h4-7H,2-3,8-11H2,1H3. The summed E-state index contributed by atoms with van der Waals surface area (Å²) in [6.07, 6.45) is 2.90. The van der Waals surface area contributed by atoms with E-state index in [-0.39, 0.29) is 0 Å². The average molecular weight is 255 g/mol. The molecule has 0 radical (unpaired) electrons. The summed E-state index contributed by atoms with van der Waals surface area (Å²) in [6, 6.07) is 8.40. The number of benzene rings is 1. The topological polar surface area (TPSA) is 18.5 Å². The van der Waals surface area contributed by atoms with Gasteiger partial charge in [-0.25, -0.2) is 0 Å². The van der Waals surface area contributed by atoms with E-state index in [0.29, 0.717) is 19.1 Å². The Kier molecular flexibility index (Phi) is 4.43. The molecule has 1 aromatic rings. The zero-order valence-corrected chi connectivity index (χ0v) is 11.0. The first-order chi connectivity index (χ1) is 8.27. The Hall–Kier alpha value is -0.570. The number of rotatable bonds is 5. The third kappa shape index (κ3) is 3.01. The summed E-state index contributed by atoms with van der Waals surface area (Å²) in [5.74, 6) is 0.170. The fourth-order valence-corrected chi connectivity index (χ4v) is 2.36. The van der Waals surface area contributed by atoms with Crippen molar-refractivity contribution in [3.8, 4) is 0 Å². The molecule has 0 N–H and O–H groups in total. The van der Waals surface area contributed by atoms with Gasteiger partial charge in [-0.2, -0.15) is 0 Å². The monoisotopic (exact) mass is 254 g/mol. The number of unbranched alkanes of at least 4 members (excludes halogenated alkanes) is 1. The highest BCUT2D eigenvalue weighted by Gasteiger charge is 2.37. The molecule has 0 bridgehead atoms. The summed E-state index contributed by atoms with van der Waals surface area (Å²) in [5.41, 5.74) is 2.37. The van der Waals surface area contributed by atoms with Gasteiger partial charge in [0.15, 0.2) is 5.79 Å². The molecule has 1 aliphatic rings. The number of hydrogen-bond donors (Lipinski definition) is 0. The smallest absolute Gasteiger partial charge is 0.194 e. The van der Waals surface area contributed by atoms with Gasteiger partial charge in [-0.15, -0.1) is 11.6 Å². The summed E-state index contributed by atoms with van der Waals surface area (Å²) < 4.78 is 11.7. The first-order valence-electron chi connectivity index (χ1n) is 6.18. The van der Waals surface area contributed by atoms with Crippen molar-refractivity contribution in [2.75, 3.05) is 19.1 Å². The maximum absolute atomic E-state index is 5.85. The largest absolute Gasteiger partial charge is 0.343 e. The summed E-state index contributed by atoms with van der Waals surface area (Å²) in [4.78, 5) is 0. The number of hydrogen-bond acceptors (Lipinski definition) is 2. The molecule has 0 saturated carbocycles. The van der Waals surface area contributed by atoms with Crippen molar-refractivity contribution in [1.82, 2.24) is 0 Å². The van der Waals surface area contributed by atoms with Crippen LogP contribution in [-0.2, 0) is 15.3 Å². The van der Waals surface area contributed by atoms with Gasteiger partial charge in [0.1, 0.15) is 0 Å². The van der Waals surface area contributed by atoms with Crippen LogP contribution in [0.3, 0.4) is 0 Å². The molecule has 0 amide bonds. The zero-order valence-electron chi connectivity index (χ0n) is 10.2. The minimum atomic E-state index is -0.528. The second kappa shape index (κ2) is 5.85. The van der Waals surface area contributed by atoms with Crippen LogP contribution in [0.25, 0.3) is 0 Å². The Morgan fingerprint density at radius 1 is 1.12 bits per heavy atom. The van der Waals surface area contributed by atoms with E-state index in [2.05, 4.69) is 31.2 Å². The van der Waals surface area contributed by atoms with E-state index >= 15 is 0 Å². The first kappa shape index (κ1) is 12.9. The lowest BCUT2D eigenvalue weighted by Gasteiger charge is -2.28. The van der Waals surface area contributed by atoms with Gasteiger partial charge in [-0.1, -0.05) is 29.8 Å². The van der Waals surface area contributed by atoms with E-state index in [0.717, 1.165) is 24.8 Å². The van der Waals surface area contributed by atoms with Gasteiger partial charge in [-0.3, -0.25) is 0 Å². The van der Waals surface area contributed by atoms with Crippen LogP contribution in [-0.4, -0.2) is 19.1 Å². The highest BCUT2D eigenvalue weighted by molar-refractivity contribution is 6.17. The van der Waals surface area contributed by atoms with Crippen molar-refractivity contribution in [1.29, 1.82) is 0 Å². The molecule has 0 spiro atoms. The van der Waals surface area contributed by atoms with Crippen LogP contribution in [0.2, 0.25) is 0 Å². The summed E-state index contributed by atoms with van der Waals surface area (Å²) in [5, 5.41) is 0. The second-order valence-corrected chi connectivity index (χ2v) is 4.84. The van der Waals surface area contributed by atoms with Gasteiger partial charge in [0.2, 0.25) is 0 Å². The highest BCUT2D eigenvalue weighted by atomic mass is 35.5. The van der Waals surface area contributed by atoms with Crippen LogP contribution in [0.15, 0.2) is 24.3 Å². The molecule has 2 rings (SSSR count).